The lowest BCUT2D eigenvalue weighted by atomic mass is 10.2. The van der Waals surface area contributed by atoms with Gasteiger partial charge >= 0.3 is 5.97 Å². The minimum Gasteiger partial charge on any atom is -0.465 e. The van der Waals surface area contributed by atoms with Crippen molar-refractivity contribution in [3.63, 3.8) is 0 Å². The summed E-state index contributed by atoms with van der Waals surface area (Å²) in [5.74, 6) is 1.46. The number of ether oxygens (including phenoxy) is 2. The van der Waals surface area contributed by atoms with Crippen LogP contribution in [0.5, 0.6) is 0 Å². The highest BCUT2D eigenvalue weighted by Gasteiger charge is 2.24. The summed E-state index contributed by atoms with van der Waals surface area (Å²) in [6, 6.07) is 1.93. The Balaban J connectivity index is 1.31. The first-order valence-electron chi connectivity index (χ1n) is 11.4. The Bertz CT molecular complexity index is 1580. The molecule has 36 heavy (non-hydrogen) atoms. The molecule has 6 rings (SSSR count). The van der Waals surface area contributed by atoms with Crippen LogP contribution >= 0.6 is 23.1 Å². The van der Waals surface area contributed by atoms with Crippen molar-refractivity contribution >= 4 is 44.9 Å². The summed E-state index contributed by atoms with van der Waals surface area (Å²) in [5.41, 5.74) is 2.22. The van der Waals surface area contributed by atoms with Gasteiger partial charge in [-0.2, -0.15) is 5.10 Å². The van der Waals surface area contributed by atoms with E-state index in [1.165, 1.54) is 30.2 Å². The number of fused-ring (bicyclic) bond motifs is 3. The largest absolute Gasteiger partial charge is 0.465 e. The van der Waals surface area contributed by atoms with E-state index in [4.69, 9.17) is 14.5 Å². The molecule has 186 valence electrons. The van der Waals surface area contributed by atoms with Crippen molar-refractivity contribution in [3.8, 4) is 11.5 Å². The van der Waals surface area contributed by atoms with Gasteiger partial charge in [0.15, 0.2) is 22.5 Å². The van der Waals surface area contributed by atoms with E-state index in [-0.39, 0.29) is 12.1 Å². The molecular weight excluding hydrogens is 502 g/mol. The van der Waals surface area contributed by atoms with Gasteiger partial charge in [0.2, 0.25) is 0 Å². The predicted molar refractivity (Wildman–Crippen MR) is 133 cm³/mol. The fourth-order valence-corrected chi connectivity index (χ4v) is 6.19. The number of aromatic nitrogens is 9. The second kappa shape index (κ2) is 9.26. The molecule has 1 atom stereocenters. The molecule has 0 radical (unpaired) electrons. The second-order valence-electron chi connectivity index (χ2n) is 8.48. The molecule has 0 aliphatic carbocycles. The number of nitrogens with zero attached hydrogens (tertiary/aromatic N) is 9. The van der Waals surface area contributed by atoms with Gasteiger partial charge in [-0.25, -0.2) is 19.3 Å². The fourth-order valence-electron chi connectivity index (χ4n) is 4.33. The molecule has 1 aliphatic heterocycles. The van der Waals surface area contributed by atoms with Crippen molar-refractivity contribution in [1.82, 2.24) is 44.1 Å². The molecule has 0 bridgehead atoms. The van der Waals surface area contributed by atoms with Crippen LogP contribution in [0.3, 0.4) is 0 Å². The first-order chi connectivity index (χ1) is 17.5. The zero-order valence-electron chi connectivity index (χ0n) is 19.9. The van der Waals surface area contributed by atoms with Crippen molar-refractivity contribution in [2.75, 3.05) is 13.7 Å². The smallest absolute Gasteiger partial charge is 0.348 e. The van der Waals surface area contributed by atoms with Gasteiger partial charge in [0.1, 0.15) is 21.7 Å². The first kappa shape index (κ1) is 23.1. The lowest BCUT2D eigenvalue weighted by Gasteiger charge is -2.13. The summed E-state index contributed by atoms with van der Waals surface area (Å²) in [6.07, 6.45) is 5.70. The topological polar surface area (TPSA) is 127 Å². The molecule has 0 aromatic carbocycles. The van der Waals surface area contributed by atoms with Crippen molar-refractivity contribution in [3.05, 3.63) is 34.9 Å². The number of hydrogen-bond donors (Lipinski definition) is 0. The van der Waals surface area contributed by atoms with E-state index in [0.717, 1.165) is 46.1 Å². The van der Waals surface area contributed by atoms with E-state index in [1.54, 1.807) is 15.5 Å². The molecule has 14 heteroatoms. The highest BCUT2D eigenvalue weighted by molar-refractivity contribution is 7.98. The van der Waals surface area contributed by atoms with Crippen LogP contribution in [0.25, 0.3) is 27.4 Å². The van der Waals surface area contributed by atoms with Gasteiger partial charge in [0.25, 0.3) is 0 Å². The van der Waals surface area contributed by atoms with Crippen LogP contribution in [0.4, 0.5) is 0 Å². The maximum Gasteiger partial charge on any atom is 0.348 e. The monoisotopic (exact) mass is 525 g/mol. The summed E-state index contributed by atoms with van der Waals surface area (Å²) in [7, 11) is 3.25. The number of thiophene rings is 1. The van der Waals surface area contributed by atoms with Crippen LogP contribution in [0, 0.1) is 6.92 Å². The summed E-state index contributed by atoms with van der Waals surface area (Å²) < 4.78 is 16.3. The lowest BCUT2D eigenvalue weighted by Crippen LogP contribution is -2.16. The summed E-state index contributed by atoms with van der Waals surface area (Å²) in [5, 5.41) is 19.6. The maximum atomic E-state index is 12.2. The van der Waals surface area contributed by atoms with E-state index in [1.807, 2.05) is 26.2 Å². The van der Waals surface area contributed by atoms with Crippen LogP contribution in [-0.4, -0.2) is 69.9 Å². The van der Waals surface area contributed by atoms with Crippen LogP contribution < -0.4 is 0 Å². The lowest BCUT2D eigenvalue weighted by molar-refractivity contribution is 0.0605. The highest BCUT2D eigenvalue weighted by Crippen LogP contribution is 2.33. The molecule has 1 aliphatic rings. The minimum absolute atomic E-state index is 0.126. The summed E-state index contributed by atoms with van der Waals surface area (Å²) >= 11 is 2.81. The van der Waals surface area contributed by atoms with E-state index in [9.17, 15) is 4.79 Å². The van der Waals surface area contributed by atoms with E-state index < -0.39 is 0 Å². The van der Waals surface area contributed by atoms with Crippen LogP contribution in [-0.2, 0) is 28.8 Å². The van der Waals surface area contributed by atoms with Gasteiger partial charge < -0.3 is 9.47 Å². The van der Waals surface area contributed by atoms with Gasteiger partial charge in [-0.3, -0.25) is 9.25 Å². The van der Waals surface area contributed by atoms with Crippen LogP contribution in [0.1, 0.15) is 33.9 Å². The third kappa shape index (κ3) is 4.04. The number of methoxy groups -OCH3 is 1. The molecule has 1 saturated heterocycles. The third-order valence-corrected chi connectivity index (χ3v) is 8.22. The maximum absolute atomic E-state index is 12.2. The molecule has 1 unspecified atom stereocenters. The first-order valence-corrected chi connectivity index (χ1v) is 13.2. The molecule has 5 aromatic rings. The number of carbonyl (C=O) groups is 1. The second-order valence-corrected chi connectivity index (χ2v) is 10.4. The van der Waals surface area contributed by atoms with Crippen molar-refractivity contribution < 1.29 is 14.3 Å². The molecule has 12 nitrogen and oxygen atoms in total. The molecule has 0 spiro atoms. The zero-order valence-corrected chi connectivity index (χ0v) is 21.5. The Kier molecular flexibility index (Phi) is 5.93. The average Bonchev–Trinajstić information content (AvgIpc) is 3.69. The van der Waals surface area contributed by atoms with Gasteiger partial charge in [0.05, 0.1) is 30.9 Å². The normalized spacial score (nSPS) is 15.9. The van der Waals surface area contributed by atoms with Crippen molar-refractivity contribution in [2.45, 2.75) is 43.3 Å². The average molecular weight is 526 g/mol. The van der Waals surface area contributed by atoms with Crippen LogP contribution in [0.2, 0.25) is 0 Å². The Labute approximate surface area is 213 Å². The van der Waals surface area contributed by atoms with E-state index in [2.05, 4.69) is 29.9 Å². The summed E-state index contributed by atoms with van der Waals surface area (Å²) in [4.78, 5) is 22.6. The fraction of sp³-hybridized carbons (Fsp3) is 0.409. The SMILES string of the molecule is COC(=O)c1sc2ncn3nc(CSc4nnc(-c5ccn(C)n5)n4CC4CCCO4)nc3c2c1C. The van der Waals surface area contributed by atoms with E-state index in [0.29, 0.717) is 34.5 Å². The Hall–Kier alpha value is -3.36. The standard InChI is InChI=1S/C22H23N9O3S2/c1-12-16-19-24-15(28-31(19)11-23-20(16)36-17(12)21(32)33-3)10-35-22-26-25-18(14-6-7-29(2)27-14)30(22)9-13-5-4-8-34-13/h6-7,11,13H,4-5,8-10H2,1-3H3. The van der Waals surface area contributed by atoms with E-state index >= 15 is 0 Å². The molecule has 6 heterocycles. The molecular formula is C22H23N9O3S2. The molecule has 0 saturated carbocycles. The van der Waals surface area contributed by atoms with Crippen molar-refractivity contribution in [1.29, 1.82) is 0 Å². The molecule has 1 fully saturated rings. The quantitative estimate of drug-likeness (QED) is 0.231. The number of hydrogen-bond acceptors (Lipinski definition) is 11. The number of aryl methyl sites for hydroxylation is 2. The number of carbonyl (C=O) groups excluding carboxylic acids is 1. The van der Waals surface area contributed by atoms with Crippen molar-refractivity contribution in [2.24, 2.45) is 7.05 Å². The third-order valence-electron chi connectivity index (χ3n) is 6.08. The highest BCUT2D eigenvalue weighted by atomic mass is 32.2. The zero-order chi connectivity index (χ0) is 24.8. The Morgan fingerprint density at radius 3 is 2.97 bits per heavy atom. The van der Waals surface area contributed by atoms with Gasteiger partial charge in [-0.15, -0.1) is 26.6 Å². The van der Waals surface area contributed by atoms with Gasteiger partial charge in [-0.1, -0.05) is 11.8 Å². The van der Waals surface area contributed by atoms with Gasteiger partial charge in [-0.05, 0) is 31.4 Å². The number of rotatable bonds is 7. The number of esters is 1. The van der Waals surface area contributed by atoms with Crippen LogP contribution in [0.15, 0.2) is 23.7 Å². The predicted octanol–water partition coefficient (Wildman–Crippen LogP) is 2.90. The molecule has 0 N–H and O–H groups in total. The molecule has 0 amide bonds. The molecule has 5 aromatic heterocycles. The van der Waals surface area contributed by atoms with Gasteiger partial charge in [0, 0.05) is 19.9 Å². The minimum atomic E-state index is -0.377. The number of thioether (sulfide) groups is 1. The Morgan fingerprint density at radius 2 is 2.22 bits per heavy atom. The summed E-state index contributed by atoms with van der Waals surface area (Å²) in [6.45, 7) is 3.32. The Morgan fingerprint density at radius 1 is 1.33 bits per heavy atom.